The van der Waals surface area contributed by atoms with Crippen LogP contribution in [0, 0.1) is 0 Å². The van der Waals surface area contributed by atoms with Crippen LogP contribution < -0.4 is 14.9 Å². The first-order valence-electron chi connectivity index (χ1n) is 8.77. The highest BCUT2D eigenvalue weighted by molar-refractivity contribution is 7.99. The van der Waals surface area contributed by atoms with Gasteiger partial charge in [0, 0.05) is 15.8 Å². The Labute approximate surface area is 179 Å². The third kappa shape index (κ3) is 6.93. The fourth-order valence-corrected chi connectivity index (χ4v) is 3.83. The normalized spacial score (nSPS) is 10.9. The second kappa shape index (κ2) is 11.8. The molecule has 0 fully saturated rings. The molecule has 150 valence electrons. The van der Waals surface area contributed by atoms with E-state index in [1.54, 1.807) is 24.4 Å². The average molecular weight is 441 g/mol. The third-order valence-electron chi connectivity index (χ3n) is 3.51. The van der Waals surface area contributed by atoms with Crippen LogP contribution in [0.1, 0.15) is 25.0 Å². The van der Waals surface area contributed by atoms with Crippen LogP contribution in [0.15, 0.2) is 41.5 Å². The zero-order valence-corrected chi connectivity index (χ0v) is 18.0. The number of thioether (sulfide) groups is 1. The van der Waals surface area contributed by atoms with Crippen molar-refractivity contribution in [1.29, 1.82) is 0 Å². The fourth-order valence-electron chi connectivity index (χ4n) is 2.28. The van der Waals surface area contributed by atoms with Crippen molar-refractivity contribution in [3.63, 3.8) is 0 Å². The summed E-state index contributed by atoms with van der Waals surface area (Å²) in [6, 6.07) is 10.8. The van der Waals surface area contributed by atoms with Crippen LogP contribution in [0.5, 0.6) is 11.5 Å². The Hall–Kier alpha value is -1.89. The number of amides is 1. The molecule has 2 aromatic carbocycles. The predicted octanol–water partition coefficient (Wildman–Crippen LogP) is 5.17. The van der Waals surface area contributed by atoms with Crippen LogP contribution in [-0.4, -0.2) is 31.1 Å². The summed E-state index contributed by atoms with van der Waals surface area (Å²) in [7, 11) is 0. The first-order valence-corrected chi connectivity index (χ1v) is 10.7. The maximum absolute atomic E-state index is 11.9. The molecule has 0 atom stereocenters. The summed E-state index contributed by atoms with van der Waals surface area (Å²) in [6.45, 7) is 4.91. The number of hydrazone groups is 1. The van der Waals surface area contributed by atoms with Crippen molar-refractivity contribution in [1.82, 2.24) is 5.43 Å². The topological polar surface area (TPSA) is 59.9 Å². The van der Waals surface area contributed by atoms with Gasteiger partial charge in [0.1, 0.15) is 0 Å². The van der Waals surface area contributed by atoms with Crippen molar-refractivity contribution in [2.45, 2.75) is 19.6 Å². The number of carbonyl (C=O) groups is 1. The molecule has 0 radical (unpaired) electrons. The highest BCUT2D eigenvalue weighted by atomic mass is 35.5. The van der Waals surface area contributed by atoms with Gasteiger partial charge in [0.2, 0.25) is 5.91 Å². The maximum atomic E-state index is 11.9. The summed E-state index contributed by atoms with van der Waals surface area (Å²) in [4.78, 5) is 11.9. The molecule has 0 aliphatic heterocycles. The first kappa shape index (κ1) is 22.4. The molecule has 8 heteroatoms. The lowest BCUT2D eigenvalue weighted by Crippen LogP contribution is -2.19. The van der Waals surface area contributed by atoms with Crippen molar-refractivity contribution < 1.29 is 14.3 Å². The molecule has 0 bridgehead atoms. The Morgan fingerprint density at radius 3 is 2.46 bits per heavy atom. The molecule has 0 aromatic heterocycles. The minimum atomic E-state index is -0.208. The van der Waals surface area contributed by atoms with Gasteiger partial charge in [-0.05, 0) is 55.3 Å². The van der Waals surface area contributed by atoms with Gasteiger partial charge in [0.15, 0.2) is 11.5 Å². The Balaban J connectivity index is 1.85. The molecule has 1 amide bonds. The van der Waals surface area contributed by atoms with Crippen LogP contribution in [0.2, 0.25) is 10.0 Å². The van der Waals surface area contributed by atoms with Gasteiger partial charge in [-0.3, -0.25) is 4.79 Å². The lowest BCUT2D eigenvalue weighted by Gasteiger charge is -2.11. The second-order valence-electron chi connectivity index (χ2n) is 5.56. The lowest BCUT2D eigenvalue weighted by atomic mass is 10.2. The largest absolute Gasteiger partial charge is 0.490 e. The third-order valence-corrected chi connectivity index (χ3v) is 5.18. The van der Waals surface area contributed by atoms with Crippen molar-refractivity contribution in [2.75, 3.05) is 19.0 Å². The summed E-state index contributed by atoms with van der Waals surface area (Å²) >= 11 is 13.7. The molecule has 2 aromatic rings. The Morgan fingerprint density at radius 2 is 1.79 bits per heavy atom. The van der Waals surface area contributed by atoms with Crippen LogP contribution in [0.4, 0.5) is 0 Å². The van der Waals surface area contributed by atoms with Crippen LogP contribution in [0.3, 0.4) is 0 Å². The number of halogens is 2. The van der Waals surface area contributed by atoms with Crippen LogP contribution >= 0.6 is 35.0 Å². The molecule has 0 heterocycles. The Bertz CT molecular complexity index is 811. The smallest absolute Gasteiger partial charge is 0.250 e. The maximum Gasteiger partial charge on any atom is 0.250 e. The molecule has 2 rings (SSSR count). The SMILES string of the molecule is CCOc1ccc(/C=N\NC(=O)CSCc2c(Cl)cccc2Cl)cc1OCC. The molecule has 0 saturated carbocycles. The monoisotopic (exact) mass is 440 g/mol. The molecule has 28 heavy (non-hydrogen) atoms. The molecular weight excluding hydrogens is 419 g/mol. The van der Waals surface area contributed by atoms with E-state index in [0.717, 1.165) is 11.1 Å². The number of nitrogens with zero attached hydrogens (tertiary/aromatic N) is 1. The zero-order chi connectivity index (χ0) is 20.4. The van der Waals surface area contributed by atoms with E-state index in [1.165, 1.54) is 11.8 Å². The van der Waals surface area contributed by atoms with E-state index in [-0.39, 0.29) is 11.7 Å². The van der Waals surface area contributed by atoms with Gasteiger partial charge in [-0.25, -0.2) is 5.43 Å². The summed E-state index contributed by atoms with van der Waals surface area (Å²) in [5, 5.41) is 5.19. The van der Waals surface area contributed by atoms with E-state index >= 15 is 0 Å². The van der Waals surface area contributed by atoms with Crippen LogP contribution in [-0.2, 0) is 10.5 Å². The zero-order valence-electron chi connectivity index (χ0n) is 15.7. The van der Waals surface area contributed by atoms with E-state index in [2.05, 4.69) is 10.5 Å². The number of benzene rings is 2. The van der Waals surface area contributed by atoms with E-state index in [1.807, 2.05) is 32.0 Å². The lowest BCUT2D eigenvalue weighted by molar-refractivity contribution is -0.118. The highest BCUT2D eigenvalue weighted by Crippen LogP contribution is 2.29. The number of carbonyl (C=O) groups excluding carboxylic acids is 1. The standard InChI is InChI=1S/C20H22Cl2N2O3S/c1-3-26-18-9-8-14(10-19(18)27-4-2)11-23-24-20(25)13-28-12-15-16(21)6-5-7-17(15)22/h5-11H,3-4,12-13H2,1-2H3,(H,24,25)/b23-11-. The van der Waals surface area contributed by atoms with Crippen LogP contribution in [0.25, 0.3) is 0 Å². The van der Waals surface area contributed by atoms with Gasteiger partial charge in [-0.2, -0.15) is 5.10 Å². The van der Waals surface area contributed by atoms with Crippen molar-refractivity contribution in [2.24, 2.45) is 5.10 Å². The van der Waals surface area contributed by atoms with Crippen molar-refractivity contribution in [3.05, 3.63) is 57.6 Å². The predicted molar refractivity (Wildman–Crippen MR) is 117 cm³/mol. The van der Waals surface area contributed by atoms with E-state index in [0.29, 0.717) is 40.5 Å². The summed E-state index contributed by atoms with van der Waals surface area (Å²) in [5.41, 5.74) is 4.13. The quantitative estimate of drug-likeness (QED) is 0.408. The fraction of sp³-hybridized carbons (Fsp3) is 0.300. The molecule has 0 aliphatic carbocycles. The van der Waals surface area contributed by atoms with Gasteiger partial charge in [0.05, 0.1) is 25.2 Å². The minimum Gasteiger partial charge on any atom is -0.490 e. The molecule has 5 nitrogen and oxygen atoms in total. The number of rotatable bonds is 10. The molecule has 1 N–H and O–H groups in total. The van der Waals surface area contributed by atoms with Gasteiger partial charge < -0.3 is 9.47 Å². The van der Waals surface area contributed by atoms with E-state index in [9.17, 15) is 4.79 Å². The average Bonchev–Trinajstić information content (AvgIpc) is 2.66. The van der Waals surface area contributed by atoms with Gasteiger partial charge in [-0.1, -0.05) is 29.3 Å². The second-order valence-corrected chi connectivity index (χ2v) is 7.36. The molecule has 0 aliphatic rings. The summed E-state index contributed by atoms with van der Waals surface area (Å²) < 4.78 is 11.1. The number of nitrogens with one attached hydrogen (secondary N) is 1. The number of hydrogen-bond acceptors (Lipinski definition) is 5. The summed E-state index contributed by atoms with van der Waals surface area (Å²) in [5.74, 6) is 1.91. The number of hydrogen-bond donors (Lipinski definition) is 1. The summed E-state index contributed by atoms with van der Waals surface area (Å²) in [6.07, 6.45) is 1.56. The van der Waals surface area contributed by atoms with Gasteiger partial charge in [0.25, 0.3) is 0 Å². The molecule has 0 unspecified atom stereocenters. The molecule has 0 spiro atoms. The molecule has 0 saturated heterocycles. The highest BCUT2D eigenvalue weighted by Gasteiger charge is 2.08. The van der Waals surface area contributed by atoms with Gasteiger partial charge >= 0.3 is 0 Å². The van der Waals surface area contributed by atoms with Gasteiger partial charge in [-0.15, -0.1) is 11.8 Å². The van der Waals surface area contributed by atoms with E-state index in [4.69, 9.17) is 32.7 Å². The Morgan fingerprint density at radius 1 is 1.11 bits per heavy atom. The van der Waals surface area contributed by atoms with Crippen molar-refractivity contribution >= 4 is 47.1 Å². The molecular formula is C20H22Cl2N2O3S. The number of ether oxygens (including phenoxy) is 2. The van der Waals surface area contributed by atoms with Crippen molar-refractivity contribution in [3.8, 4) is 11.5 Å². The first-order chi connectivity index (χ1) is 13.5. The van der Waals surface area contributed by atoms with E-state index < -0.39 is 0 Å². The Kier molecular flexibility index (Phi) is 9.47. The minimum absolute atomic E-state index is 0.208.